The highest BCUT2D eigenvalue weighted by molar-refractivity contribution is 5.69. The predicted octanol–water partition coefficient (Wildman–Crippen LogP) is 15.8. The van der Waals surface area contributed by atoms with E-state index in [-0.39, 0.29) is 12.1 Å². The number of aliphatic carboxylic acids is 1. The number of carboxylic acids is 1. The van der Waals surface area contributed by atoms with Crippen molar-refractivity contribution in [2.45, 2.75) is 270 Å². The van der Waals surface area contributed by atoms with Crippen LogP contribution >= 0.6 is 0 Å². The quantitative estimate of drug-likeness (QED) is 0.0390. The van der Waals surface area contributed by atoms with E-state index in [1.54, 1.807) is 0 Å². The lowest BCUT2D eigenvalue weighted by Gasteiger charge is -2.18. The lowest BCUT2D eigenvalue weighted by molar-refractivity contribution is -0.150. The van der Waals surface area contributed by atoms with E-state index in [4.69, 9.17) is 9.84 Å². The highest BCUT2D eigenvalue weighted by Gasteiger charge is 2.14. The van der Waals surface area contributed by atoms with E-state index in [0.717, 1.165) is 38.5 Å². The van der Waals surface area contributed by atoms with Crippen molar-refractivity contribution in [3.8, 4) is 0 Å². The van der Waals surface area contributed by atoms with E-state index in [1.165, 1.54) is 199 Å². The minimum absolute atomic E-state index is 0.0462. The summed E-state index contributed by atoms with van der Waals surface area (Å²) in [5, 5.41) is 8.70. The van der Waals surface area contributed by atoms with Gasteiger partial charge in [0.25, 0.3) is 0 Å². The van der Waals surface area contributed by atoms with Crippen LogP contribution in [0.25, 0.3) is 0 Å². The maximum absolute atomic E-state index is 12.7. The van der Waals surface area contributed by atoms with Crippen LogP contribution in [-0.4, -0.2) is 23.1 Å². The lowest BCUT2D eigenvalue weighted by Crippen LogP contribution is -2.18. The number of hydrogen-bond acceptors (Lipinski definition) is 3. The minimum atomic E-state index is -0.665. The highest BCUT2D eigenvalue weighted by Crippen LogP contribution is 2.19. The third-order valence-corrected chi connectivity index (χ3v) is 10.5. The van der Waals surface area contributed by atoms with Gasteiger partial charge in [0.1, 0.15) is 6.10 Å². The molecule has 1 N–H and O–H groups in total. The molecule has 0 fully saturated rings. The van der Waals surface area contributed by atoms with Crippen LogP contribution < -0.4 is 0 Å². The minimum Gasteiger partial charge on any atom is -0.481 e. The fourth-order valence-electron chi connectivity index (χ4n) is 7.12. The number of carbonyl (C=O) groups excluding carboxylic acids is 1. The van der Waals surface area contributed by atoms with Crippen molar-refractivity contribution in [1.29, 1.82) is 0 Å². The number of esters is 1. The van der Waals surface area contributed by atoms with Crippen LogP contribution in [0, 0.1) is 0 Å². The molecule has 0 aromatic carbocycles. The third-order valence-electron chi connectivity index (χ3n) is 10.5. The van der Waals surface area contributed by atoms with Gasteiger partial charge in [-0.2, -0.15) is 0 Å². The van der Waals surface area contributed by atoms with Gasteiger partial charge in [0.15, 0.2) is 0 Å². The van der Waals surface area contributed by atoms with E-state index in [1.807, 2.05) is 0 Å². The van der Waals surface area contributed by atoms with Crippen molar-refractivity contribution in [3.05, 3.63) is 12.2 Å². The molecule has 0 bridgehead atoms. The number of allylic oxidation sites excluding steroid dienone is 2. The number of ether oxygens (including phenoxy) is 1. The van der Waals surface area contributed by atoms with E-state index < -0.39 is 5.97 Å². The molecule has 4 heteroatoms. The summed E-state index contributed by atoms with van der Waals surface area (Å²) in [5.74, 6) is -0.619. The van der Waals surface area contributed by atoms with Crippen LogP contribution in [-0.2, 0) is 14.3 Å². The van der Waals surface area contributed by atoms with E-state index in [0.29, 0.717) is 12.8 Å². The molecule has 0 aliphatic carbocycles. The van der Waals surface area contributed by atoms with Crippen LogP contribution in [0.15, 0.2) is 12.2 Å². The molecule has 1 atom stereocenters. The van der Waals surface area contributed by atoms with Gasteiger partial charge in [-0.15, -0.1) is 0 Å². The van der Waals surface area contributed by atoms with Gasteiger partial charge in [-0.25, -0.2) is 0 Å². The van der Waals surface area contributed by atoms with Crippen molar-refractivity contribution >= 4 is 11.9 Å². The topological polar surface area (TPSA) is 63.6 Å². The number of unbranched alkanes of at least 4 members (excludes halogenated alkanes) is 31. The summed E-state index contributed by atoms with van der Waals surface area (Å²) in [6, 6.07) is 0. The molecule has 50 heavy (non-hydrogen) atoms. The van der Waals surface area contributed by atoms with Crippen LogP contribution in [0.2, 0.25) is 0 Å². The zero-order valence-electron chi connectivity index (χ0n) is 34.0. The molecule has 0 spiro atoms. The largest absolute Gasteiger partial charge is 0.481 e. The van der Waals surface area contributed by atoms with Gasteiger partial charge in [-0.3, -0.25) is 9.59 Å². The zero-order valence-corrected chi connectivity index (χ0v) is 34.0. The molecular weight excluding hydrogens is 617 g/mol. The van der Waals surface area contributed by atoms with Crippen molar-refractivity contribution in [3.63, 3.8) is 0 Å². The molecule has 0 aromatic heterocycles. The summed E-state index contributed by atoms with van der Waals surface area (Å²) in [4.78, 5) is 23.3. The third kappa shape index (κ3) is 41.1. The van der Waals surface area contributed by atoms with Gasteiger partial charge in [0.2, 0.25) is 0 Å². The van der Waals surface area contributed by atoms with Crippen LogP contribution in [0.4, 0.5) is 0 Å². The Morgan fingerprint density at radius 2 is 0.720 bits per heavy atom. The molecule has 0 saturated heterocycles. The zero-order chi connectivity index (χ0) is 36.4. The molecule has 0 aliphatic heterocycles. The summed E-state index contributed by atoms with van der Waals surface area (Å²) in [5.41, 5.74) is 0. The summed E-state index contributed by atoms with van der Waals surface area (Å²) < 4.78 is 6.05. The van der Waals surface area contributed by atoms with Crippen molar-refractivity contribution in [2.75, 3.05) is 0 Å². The van der Waals surface area contributed by atoms with Gasteiger partial charge in [-0.1, -0.05) is 199 Å². The Kier molecular flexibility index (Phi) is 41.0. The number of hydrogen-bond donors (Lipinski definition) is 1. The average molecular weight is 705 g/mol. The normalized spacial score (nSPS) is 12.2. The monoisotopic (exact) mass is 705 g/mol. The Balaban J connectivity index is 3.79. The number of carbonyl (C=O) groups is 2. The van der Waals surface area contributed by atoms with Crippen molar-refractivity contribution < 1.29 is 19.4 Å². The van der Waals surface area contributed by atoms with Crippen molar-refractivity contribution in [1.82, 2.24) is 0 Å². The number of rotatable bonds is 42. The van der Waals surface area contributed by atoms with E-state index in [9.17, 15) is 9.59 Å². The summed E-state index contributed by atoms with van der Waals surface area (Å²) in [6.45, 7) is 4.55. The molecular formula is C46H88O4. The second kappa shape index (κ2) is 42.1. The maximum atomic E-state index is 12.7. The van der Waals surface area contributed by atoms with Crippen molar-refractivity contribution in [2.24, 2.45) is 0 Å². The fraction of sp³-hybridized carbons (Fsp3) is 0.913. The molecule has 4 nitrogen and oxygen atoms in total. The standard InChI is InChI=1S/C46H88O4/c1-3-5-7-9-10-11-12-13-14-15-16-17-18-22-25-28-31-35-39-43-46(49)50-44(40-36-32-8-6-4-2)41-37-33-29-26-23-20-19-21-24-27-30-34-38-42-45(47)48/h13-14,44H,3-12,15-43H2,1-2H3,(H,47,48)/b14-13-. The Bertz CT molecular complexity index is 717. The summed E-state index contributed by atoms with van der Waals surface area (Å²) in [7, 11) is 0. The van der Waals surface area contributed by atoms with E-state index >= 15 is 0 Å². The van der Waals surface area contributed by atoms with Crippen LogP contribution in [0.1, 0.15) is 264 Å². The smallest absolute Gasteiger partial charge is 0.306 e. The summed E-state index contributed by atoms with van der Waals surface area (Å²) >= 11 is 0. The molecule has 0 amide bonds. The average Bonchev–Trinajstić information content (AvgIpc) is 3.10. The van der Waals surface area contributed by atoms with E-state index in [2.05, 4.69) is 26.0 Å². The lowest BCUT2D eigenvalue weighted by atomic mass is 10.0. The molecule has 0 rings (SSSR count). The molecule has 0 aliphatic rings. The fourth-order valence-corrected chi connectivity index (χ4v) is 7.12. The molecule has 1 unspecified atom stereocenters. The molecule has 296 valence electrons. The first-order chi connectivity index (χ1) is 24.6. The Hall–Kier alpha value is -1.32. The van der Waals surface area contributed by atoms with Gasteiger partial charge in [0.05, 0.1) is 0 Å². The maximum Gasteiger partial charge on any atom is 0.306 e. The van der Waals surface area contributed by atoms with Crippen LogP contribution in [0.3, 0.4) is 0 Å². The second-order valence-electron chi connectivity index (χ2n) is 15.6. The molecule has 0 radical (unpaired) electrons. The highest BCUT2D eigenvalue weighted by atomic mass is 16.5. The second-order valence-corrected chi connectivity index (χ2v) is 15.6. The van der Waals surface area contributed by atoms with Gasteiger partial charge >= 0.3 is 11.9 Å². The Morgan fingerprint density at radius 3 is 1.08 bits per heavy atom. The SMILES string of the molecule is CCCCCCCC/C=C\CCCCCCCCCCCC(=O)OC(CCCCCCC)CCCCCCCCCCCCCCCC(=O)O. The van der Waals surface area contributed by atoms with Gasteiger partial charge in [0, 0.05) is 12.8 Å². The number of carboxylic acid groups (broad SMARTS) is 1. The Labute approximate surface area is 313 Å². The molecule has 0 aromatic rings. The first-order valence-electron chi connectivity index (χ1n) is 22.7. The van der Waals surface area contributed by atoms with Gasteiger partial charge in [-0.05, 0) is 64.2 Å². The molecule has 0 saturated carbocycles. The summed E-state index contributed by atoms with van der Waals surface area (Å²) in [6.07, 6.45) is 52.7. The van der Waals surface area contributed by atoms with Crippen LogP contribution in [0.5, 0.6) is 0 Å². The first-order valence-corrected chi connectivity index (χ1v) is 22.7. The first kappa shape index (κ1) is 48.7. The Morgan fingerprint density at radius 1 is 0.420 bits per heavy atom. The van der Waals surface area contributed by atoms with Gasteiger partial charge < -0.3 is 9.84 Å². The predicted molar refractivity (Wildman–Crippen MR) is 218 cm³/mol. The molecule has 0 heterocycles.